The number of aliphatic hydroxyl groups is 1. The van der Waals surface area contributed by atoms with Crippen molar-refractivity contribution in [3.05, 3.63) is 12.2 Å². The fraction of sp³-hybridized carbons (Fsp3) is 0.867. The minimum atomic E-state index is -0.908. The van der Waals surface area contributed by atoms with Gasteiger partial charge in [0.2, 0.25) is 0 Å². The highest BCUT2D eigenvalue weighted by Gasteiger charge is 2.76. The molecule has 0 aromatic carbocycles. The van der Waals surface area contributed by atoms with E-state index in [9.17, 15) is 5.11 Å². The average Bonchev–Trinajstić information content (AvgIpc) is 2.37. The lowest BCUT2D eigenvalue weighted by molar-refractivity contribution is -0.132. The lowest BCUT2D eigenvalue weighted by Crippen LogP contribution is -2.65. The molecule has 2 bridgehead atoms. The molecule has 5 heteroatoms. The van der Waals surface area contributed by atoms with Gasteiger partial charge in [0.15, 0.2) is 0 Å². The fourth-order valence-electron chi connectivity index (χ4n) is 4.58. The maximum Gasteiger partial charge on any atom is 0.147 e. The number of hydrogen-bond acceptors (Lipinski definition) is 2. The van der Waals surface area contributed by atoms with Gasteiger partial charge in [-0.25, -0.2) is 0 Å². The van der Waals surface area contributed by atoms with E-state index in [1.165, 1.54) is 0 Å². The molecule has 1 heterocycles. The van der Waals surface area contributed by atoms with Gasteiger partial charge in [-0.05, 0) is 48.7 Å². The van der Waals surface area contributed by atoms with E-state index in [1.54, 1.807) is 0 Å². The molecule has 1 spiro atoms. The smallest absolute Gasteiger partial charge is 0.147 e. The van der Waals surface area contributed by atoms with Gasteiger partial charge in [-0.2, -0.15) is 0 Å². The van der Waals surface area contributed by atoms with E-state index in [-0.39, 0.29) is 26.6 Å². The van der Waals surface area contributed by atoms with Gasteiger partial charge in [0.05, 0.1) is 16.6 Å². The van der Waals surface area contributed by atoms with Crippen LogP contribution in [0.5, 0.6) is 0 Å². The van der Waals surface area contributed by atoms with E-state index in [4.69, 9.17) is 16.3 Å². The van der Waals surface area contributed by atoms with Crippen LogP contribution in [0.4, 0.5) is 0 Å². The molecule has 0 amide bonds. The number of hydrogen-bond donors (Lipinski definition) is 1. The molecule has 0 aromatic heterocycles. The molecule has 1 saturated heterocycles. The molecule has 2 fully saturated rings. The largest absolute Gasteiger partial charge is 0.385 e. The van der Waals surface area contributed by atoms with E-state index < -0.39 is 10.1 Å². The van der Waals surface area contributed by atoms with Gasteiger partial charge in [-0.3, -0.25) is 0 Å². The van der Waals surface area contributed by atoms with Crippen molar-refractivity contribution in [2.24, 2.45) is 10.8 Å². The van der Waals surface area contributed by atoms with Gasteiger partial charge >= 0.3 is 0 Å². The molecule has 1 N–H and O–H groups in total. The van der Waals surface area contributed by atoms with Crippen LogP contribution in [-0.2, 0) is 4.74 Å². The Morgan fingerprint density at radius 1 is 1.20 bits per heavy atom. The predicted octanol–water partition coefficient (Wildman–Crippen LogP) is 4.36. The molecule has 2 aliphatic carbocycles. The van der Waals surface area contributed by atoms with Crippen molar-refractivity contribution in [1.82, 2.24) is 0 Å². The highest BCUT2D eigenvalue weighted by Crippen LogP contribution is 2.73. The second-order valence-electron chi connectivity index (χ2n) is 7.48. The summed E-state index contributed by atoms with van der Waals surface area (Å²) in [5.41, 5.74) is -1.50. The molecule has 1 saturated carbocycles. The van der Waals surface area contributed by atoms with Crippen LogP contribution in [0.25, 0.3) is 0 Å². The van der Waals surface area contributed by atoms with Crippen molar-refractivity contribution in [1.29, 1.82) is 0 Å². The lowest BCUT2D eigenvalue weighted by Gasteiger charge is -2.59. The fourth-order valence-corrected chi connectivity index (χ4v) is 6.21. The number of rotatable bonds is 0. The summed E-state index contributed by atoms with van der Waals surface area (Å²) in [6.45, 7) is 8.30. The van der Waals surface area contributed by atoms with Crippen molar-refractivity contribution in [3.63, 3.8) is 0 Å². The maximum atomic E-state index is 11.1. The quantitative estimate of drug-likeness (QED) is 0.459. The zero-order valence-corrected chi connectivity index (χ0v) is 16.1. The third-order valence-electron chi connectivity index (χ3n) is 6.10. The Kier molecular flexibility index (Phi) is 3.20. The van der Waals surface area contributed by atoms with Crippen molar-refractivity contribution in [2.75, 3.05) is 0 Å². The minimum absolute atomic E-state index is 0.0711. The molecule has 20 heavy (non-hydrogen) atoms. The number of alkyl halides is 3. The standard InChI is InChI=1S/C15H21Br2ClO2/c1-11(2)14-7-9(16)12(3,18)8-10(14)20-15(11,17)6-5-13(14,4)19/h5-6,9-10,19H,7-8H2,1-4H3/t9-,10-,12-,13+,14-,15-/m1/s1. The van der Waals surface area contributed by atoms with E-state index in [1.807, 2.05) is 26.0 Å². The Morgan fingerprint density at radius 3 is 2.40 bits per heavy atom. The Hall–Kier alpha value is 0.910. The van der Waals surface area contributed by atoms with Crippen molar-refractivity contribution in [3.8, 4) is 0 Å². The number of ether oxygens (including phenoxy) is 1. The first kappa shape index (κ1) is 15.8. The zero-order valence-electron chi connectivity index (χ0n) is 12.2. The van der Waals surface area contributed by atoms with E-state index >= 15 is 0 Å². The molecule has 1 aliphatic heterocycles. The third-order valence-corrected chi connectivity index (χ3v) is 9.55. The molecule has 0 aromatic rings. The van der Waals surface area contributed by atoms with Gasteiger partial charge in [0.25, 0.3) is 0 Å². The summed E-state index contributed by atoms with van der Waals surface area (Å²) in [5.74, 6) is 0. The van der Waals surface area contributed by atoms with Gasteiger partial charge in [0, 0.05) is 15.7 Å². The van der Waals surface area contributed by atoms with Crippen LogP contribution < -0.4 is 0 Å². The van der Waals surface area contributed by atoms with E-state index in [0.29, 0.717) is 0 Å². The van der Waals surface area contributed by atoms with Crippen LogP contribution in [0.1, 0.15) is 40.5 Å². The molecule has 3 aliphatic rings. The van der Waals surface area contributed by atoms with Crippen LogP contribution in [0.15, 0.2) is 12.2 Å². The van der Waals surface area contributed by atoms with Gasteiger partial charge in [-0.1, -0.05) is 35.9 Å². The SMILES string of the molecule is CC1(C)[C@@]2(Br)C=C[C@](C)(O)[C@@]13C[C@@H](Br)[C@](C)(Cl)C[C@H]3O2. The minimum Gasteiger partial charge on any atom is -0.385 e. The van der Waals surface area contributed by atoms with Crippen LogP contribution in [0, 0.1) is 10.8 Å². The summed E-state index contributed by atoms with van der Waals surface area (Å²) in [6.07, 6.45) is 5.29. The third kappa shape index (κ3) is 1.58. The lowest BCUT2D eigenvalue weighted by atomic mass is 9.47. The molecular formula is C15H21Br2ClO2. The first-order valence-corrected chi connectivity index (χ1v) is 9.11. The van der Waals surface area contributed by atoms with Crippen LogP contribution >= 0.6 is 43.5 Å². The Bertz CT molecular complexity index is 488. The molecule has 6 atom stereocenters. The molecular weight excluding hydrogens is 407 g/mol. The van der Waals surface area contributed by atoms with Crippen LogP contribution in [0.2, 0.25) is 0 Å². The average molecular weight is 429 g/mol. The number of halogens is 3. The molecule has 0 unspecified atom stereocenters. The highest BCUT2D eigenvalue weighted by atomic mass is 79.9. The Balaban J connectivity index is 2.21. The van der Waals surface area contributed by atoms with Gasteiger partial charge in [0.1, 0.15) is 4.51 Å². The normalized spacial score (nSPS) is 60.4. The number of fused-ring (bicyclic) bond motifs is 1. The summed E-state index contributed by atoms with van der Waals surface area (Å²) in [4.78, 5) is -0.216. The van der Waals surface area contributed by atoms with E-state index in [0.717, 1.165) is 12.8 Å². The monoisotopic (exact) mass is 426 g/mol. The van der Waals surface area contributed by atoms with Crippen molar-refractivity contribution >= 4 is 43.5 Å². The van der Waals surface area contributed by atoms with Crippen molar-refractivity contribution in [2.45, 2.75) is 66.5 Å². The predicted molar refractivity (Wildman–Crippen MR) is 88.7 cm³/mol. The molecule has 3 rings (SSSR count). The topological polar surface area (TPSA) is 29.5 Å². The second kappa shape index (κ2) is 4.05. The molecule has 0 radical (unpaired) electrons. The second-order valence-corrected chi connectivity index (χ2v) is 10.6. The summed E-state index contributed by atoms with van der Waals surface area (Å²) in [5, 5.41) is 11.1. The summed E-state index contributed by atoms with van der Waals surface area (Å²) in [7, 11) is 0. The zero-order chi connectivity index (χ0) is 15.2. The van der Waals surface area contributed by atoms with Gasteiger partial charge < -0.3 is 9.84 Å². The summed E-state index contributed by atoms with van der Waals surface area (Å²) in [6, 6.07) is 0. The Morgan fingerprint density at radius 2 is 1.80 bits per heavy atom. The van der Waals surface area contributed by atoms with Crippen LogP contribution in [0.3, 0.4) is 0 Å². The highest BCUT2D eigenvalue weighted by molar-refractivity contribution is 9.10. The Labute approximate surface area is 142 Å². The van der Waals surface area contributed by atoms with Crippen molar-refractivity contribution < 1.29 is 9.84 Å². The van der Waals surface area contributed by atoms with Crippen LogP contribution in [-0.4, -0.2) is 31.0 Å². The first-order chi connectivity index (χ1) is 8.90. The maximum absolute atomic E-state index is 11.1. The molecule has 114 valence electrons. The summed E-state index contributed by atoms with van der Waals surface area (Å²) < 4.78 is 5.84. The summed E-state index contributed by atoms with van der Waals surface area (Å²) >= 11 is 14.2. The van der Waals surface area contributed by atoms with E-state index in [2.05, 4.69) is 45.7 Å². The first-order valence-electron chi connectivity index (χ1n) is 7.02. The molecule has 2 nitrogen and oxygen atoms in total. The van der Waals surface area contributed by atoms with Gasteiger partial charge in [-0.15, -0.1) is 11.6 Å².